The van der Waals surface area contributed by atoms with Gasteiger partial charge in [0, 0.05) is 69.4 Å². The summed E-state index contributed by atoms with van der Waals surface area (Å²) in [4.78, 5) is 47.3. The SMILES string of the molecule is CCCCN(C(=O)CN1CC(c2ccc3c(c2)CCO3)C(C(=O)O)C1CCN1CCN(C)C1=O)c1cccc(C[N+](C)(C)C)c1. The Morgan fingerprint density at radius 2 is 1.91 bits per heavy atom. The lowest BCUT2D eigenvalue weighted by Gasteiger charge is -2.31. The number of unbranched alkanes of at least 4 members (excludes halogenated alkanes) is 1. The predicted molar refractivity (Wildman–Crippen MR) is 175 cm³/mol. The van der Waals surface area contributed by atoms with Crippen molar-refractivity contribution in [2.24, 2.45) is 5.92 Å². The number of carbonyl (C=O) groups excluding carboxylic acids is 2. The van der Waals surface area contributed by atoms with E-state index in [0.29, 0.717) is 45.8 Å². The number of urea groups is 1. The van der Waals surface area contributed by atoms with Crippen molar-refractivity contribution in [3.63, 3.8) is 0 Å². The van der Waals surface area contributed by atoms with Crippen LogP contribution < -0.4 is 9.64 Å². The maximum atomic E-state index is 14.2. The van der Waals surface area contributed by atoms with Crippen molar-refractivity contribution in [3.8, 4) is 5.75 Å². The van der Waals surface area contributed by atoms with E-state index >= 15 is 0 Å². The number of likely N-dealkylation sites (tertiary alicyclic amines) is 1. The third-order valence-corrected chi connectivity index (χ3v) is 9.43. The number of carbonyl (C=O) groups is 3. The van der Waals surface area contributed by atoms with Crippen LogP contribution in [0.5, 0.6) is 5.75 Å². The number of hydrogen-bond donors (Lipinski definition) is 1. The Hall–Kier alpha value is -3.63. The number of carboxylic acid groups (broad SMARTS) is 1. The molecule has 3 atom stereocenters. The number of aliphatic carboxylic acids is 1. The molecule has 45 heavy (non-hydrogen) atoms. The van der Waals surface area contributed by atoms with Gasteiger partial charge in [0.1, 0.15) is 12.3 Å². The van der Waals surface area contributed by atoms with E-state index in [1.807, 2.05) is 29.2 Å². The standard InChI is InChI=1S/C35H49N5O5/c1-6-7-15-39(28-10-8-9-25(20-28)24-40(3,4)5)32(41)23-38-22-29(26-11-12-31-27(21-26)14-19-45-31)33(34(42)43)30(38)13-16-37-18-17-36(2)35(37)44/h8-12,20-21,29-30,33H,6-7,13-19,22-24H2,1-5H3/p+1. The predicted octanol–water partition coefficient (Wildman–Crippen LogP) is 3.89. The van der Waals surface area contributed by atoms with Crippen molar-refractivity contribution < 1.29 is 28.7 Å². The second-order valence-electron chi connectivity index (χ2n) is 13.9. The zero-order valence-corrected chi connectivity index (χ0v) is 27.6. The van der Waals surface area contributed by atoms with Crippen LogP contribution in [-0.4, -0.2) is 122 Å². The van der Waals surface area contributed by atoms with Gasteiger partial charge in [-0.25, -0.2) is 4.79 Å². The average Bonchev–Trinajstić information content (AvgIpc) is 3.68. The van der Waals surface area contributed by atoms with Gasteiger partial charge in [-0.2, -0.15) is 0 Å². The van der Waals surface area contributed by atoms with Crippen molar-refractivity contribution >= 4 is 23.6 Å². The first-order valence-corrected chi connectivity index (χ1v) is 16.4. The lowest BCUT2D eigenvalue weighted by atomic mass is 9.83. The van der Waals surface area contributed by atoms with E-state index < -0.39 is 17.9 Å². The van der Waals surface area contributed by atoms with Crippen molar-refractivity contribution in [1.82, 2.24) is 14.7 Å². The van der Waals surface area contributed by atoms with Crippen LogP contribution in [0.4, 0.5) is 10.5 Å². The molecule has 0 bridgehead atoms. The molecule has 2 saturated heterocycles. The molecule has 0 aromatic heterocycles. The normalized spacial score (nSPS) is 21.7. The molecule has 3 amide bonds. The Kier molecular flexibility index (Phi) is 10.0. The Labute approximate surface area is 267 Å². The Morgan fingerprint density at radius 1 is 1.11 bits per heavy atom. The molecule has 2 fully saturated rings. The minimum atomic E-state index is -0.864. The first-order valence-electron chi connectivity index (χ1n) is 16.4. The molecule has 0 aliphatic carbocycles. The van der Waals surface area contributed by atoms with Crippen LogP contribution in [0, 0.1) is 5.92 Å². The van der Waals surface area contributed by atoms with E-state index in [-0.39, 0.29) is 24.4 Å². The number of benzene rings is 2. The molecular weight excluding hydrogens is 570 g/mol. The topological polar surface area (TPSA) is 93.6 Å². The second-order valence-corrected chi connectivity index (χ2v) is 13.9. The van der Waals surface area contributed by atoms with Gasteiger partial charge in [0.05, 0.1) is 40.2 Å². The molecule has 5 rings (SSSR count). The highest BCUT2D eigenvalue weighted by atomic mass is 16.5. The van der Waals surface area contributed by atoms with Gasteiger partial charge in [-0.3, -0.25) is 14.5 Å². The molecule has 0 saturated carbocycles. The van der Waals surface area contributed by atoms with E-state index in [0.717, 1.165) is 52.9 Å². The van der Waals surface area contributed by atoms with Crippen molar-refractivity contribution in [2.75, 3.05) is 79.0 Å². The van der Waals surface area contributed by atoms with E-state index in [1.54, 1.807) is 16.8 Å². The minimum Gasteiger partial charge on any atom is -0.493 e. The number of rotatable bonds is 13. The number of hydrogen-bond acceptors (Lipinski definition) is 5. The summed E-state index contributed by atoms with van der Waals surface area (Å²) in [5, 5.41) is 10.6. The molecule has 3 aliphatic rings. The second kappa shape index (κ2) is 13.8. The van der Waals surface area contributed by atoms with Crippen LogP contribution in [-0.2, 0) is 22.6 Å². The molecule has 3 unspecified atom stereocenters. The molecule has 3 heterocycles. The fourth-order valence-electron chi connectivity index (χ4n) is 7.17. The maximum absolute atomic E-state index is 14.2. The van der Waals surface area contributed by atoms with E-state index in [4.69, 9.17) is 4.74 Å². The Bertz CT molecular complexity index is 1390. The van der Waals surface area contributed by atoms with Crippen molar-refractivity contribution in [1.29, 1.82) is 0 Å². The number of ether oxygens (including phenoxy) is 1. The summed E-state index contributed by atoms with van der Waals surface area (Å²) in [7, 11) is 8.24. The fraction of sp³-hybridized carbons (Fsp3) is 0.571. The summed E-state index contributed by atoms with van der Waals surface area (Å²) in [6.45, 7) is 6.53. The van der Waals surface area contributed by atoms with Crippen LogP contribution in [0.25, 0.3) is 0 Å². The molecule has 2 aromatic carbocycles. The molecule has 0 radical (unpaired) electrons. The highest BCUT2D eigenvalue weighted by Gasteiger charge is 2.47. The lowest BCUT2D eigenvalue weighted by Crippen LogP contribution is -2.46. The number of nitrogens with zero attached hydrogens (tertiary/aromatic N) is 5. The highest BCUT2D eigenvalue weighted by molar-refractivity contribution is 5.95. The zero-order chi connectivity index (χ0) is 32.3. The molecule has 244 valence electrons. The van der Waals surface area contributed by atoms with Crippen molar-refractivity contribution in [3.05, 3.63) is 59.2 Å². The van der Waals surface area contributed by atoms with Crippen LogP contribution >= 0.6 is 0 Å². The van der Waals surface area contributed by atoms with E-state index in [2.05, 4.69) is 51.2 Å². The van der Waals surface area contributed by atoms with Gasteiger partial charge in [-0.1, -0.05) is 37.6 Å². The van der Waals surface area contributed by atoms with Gasteiger partial charge in [-0.15, -0.1) is 0 Å². The first-order chi connectivity index (χ1) is 21.4. The van der Waals surface area contributed by atoms with Crippen molar-refractivity contribution in [2.45, 2.75) is 51.1 Å². The third kappa shape index (κ3) is 7.61. The first kappa shape index (κ1) is 32.8. The fourth-order valence-corrected chi connectivity index (χ4v) is 7.17. The summed E-state index contributed by atoms with van der Waals surface area (Å²) in [5.74, 6) is -1.01. The summed E-state index contributed by atoms with van der Waals surface area (Å²) in [5.41, 5.74) is 4.12. The number of carboxylic acids is 1. The molecule has 2 aromatic rings. The largest absolute Gasteiger partial charge is 0.493 e. The molecule has 0 spiro atoms. The highest BCUT2D eigenvalue weighted by Crippen LogP contribution is 2.41. The maximum Gasteiger partial charge on any atom is 0.319 e. The quantitative estimate of drug-likeness (QED) is 0.342. The summed E-state index contributed by atoms with van der Waals surface area (Å²) in [6.07, 6.45) is 3.13. The minimum absolute atomic E-state index is 0.0278. The number of anilines is 1. The number of amides is 3. The summed E-state index contributed by atoms with van der Waals surface area (Å²) in [6, 6.07) is 13.8. The molecule has 1 N–H and O–H groups in total. The number of likely N-dealkylation sites (N-methyl/N-ethyl adjacent to an activating group) is 1. The van der Waals surface area contributed by atoms with Gasteiger partial charge in [0.25, 0.3) is 0 Å². The lowest BCUT2D eigenvalue weighted by molar-refractivity contribution is -0.884. The van der Waals surface area contributed by atoms with Gasteiger partial charge < -0.3 is 29.0 Å². The third-order valence-electron chi connectivity index (χ3n) is 9.43. The van der Waals surface area contributed by atoms with Crippen LogP contribution in [0.2, 0.25) is 0 Å². The van der Waals surface area contributed by atoms with Crippen LogP contribution in [0.1, 0.15) is 48.8 Å². The van der Waals surface area contributed by atoms with Gasteiger partial charge in [0.15, 0.2) is 0 Å². The van der Waals surface area contributed by atoms with Gasteiger partial charge in [-0.05, 0) is 42.2 Å². The molecule has 10 nitrogen and oxygen atoms in total. The van der Waals surface area contributed by atoms with E-state index in [9.17, 15) is 19.5 Å². The monoisotopic (exact) mass is 620 g/mol. The number of fused-ring (bicyclic) bond motifs is 1. The Balaban J connectivity index is 1.43. The smallest absolute Gasteiger partial charge is 0.319 e. The molecule has 3 aliphatic heterocycles. The van der Waals surface area contributed by atoms with E-state index in [1.165, 1.54) is 5.56 Å². The van der Waals surface area contributed by atoms with Gasteiger partial charge in [0.2, 0.25) is 5.91 Å². The molecule has 10 heteroatoms. The number of quaternary nitrogens is 1. The zero-order valence-electron chi connectivity index (χ0n) is 27.6. The molecular formula is C35H50N5O5+. The van der Waals surface area contributed by atoms with Gasteiger partial charge >= 0.3 is 12.0 Å². The Morgan fingerprint density at radius 3 is 2.60 bits per heavy atom. The average molecular weight is 621 g/mol. The summed E-state index contributed by atoms with van der Waals surface area (Å²) < 4.78 is 6.50. The van der Waals surface area contributed by atoms with Crippen LogP contribution in [0.3, 0.4) is 0 Å². The van der Waals surface area contributed by atoms with Crippen LogP contribution in [0.15, 0.2) is 42.5 Å². The summed E-state index contributed by atoms with van der Waals surface area (Å²) >= 11 is 0.